The van der Waals surface area contributed by atoms with Gasteiger partial charge in [0.15, 0.2) is 5.65 Å². The third kappa shape index (κ3) is 0.808. The molecule has 0 aliphatic carbocycles. The van der Waals surface area contributed by atoms with E-state index in [1.807, 2.05) is 24.6 Å². The highest BCUT2D eigenvalue weighted by Crippen LogP contribution is 2.09. The molecule has 0 unspecified atom stereocenters. The van der Waals surface area contributed by atoms with Crippen LogP contribution in [0.5, 0.6) is 0 Å². The molecule has 2 rings (SSSR count). The summed E-state index contributed by atoms with van der Waals surface area (Å²) in [5.41, 5.74) is 1.83. The van der Waals surface area contributed by atoms with E-state index in [0.29, 0.717) is 0 Å². The number of nitrogens with zero attached hydrogens (tertiary/aromatic N) is 3. The largest absolute Gasteiger partial charge is 0.316 e. The minimum absolute atomic E-state index is 0.894. The molecule has 0 spiro atoms. The molecule has 0 amide bonds. The summed E-state index contributed by atoms with van der Waals surface area (Å²) in [6, 6.07) is 3.68. The molecular weight excluding hydrogens is 138 g/mol. The fourth-order valence-electron chi connectivity index (χ4n) is 1.08. The number of hydrogen-bond donors (Lipinski definition) is 0. The van der Waals surface area contributed by atoms with Crippen LogP contribution in [0.3, 0.4) is 0 Å². The molecule has 0 bridgehead atoms. The Morgan fingerprint density at radius 2 is 2.36 bits per heavy atom. The van der Waals surface area contributed by atoms with Crippen LogP contribution in [0.15, 0.2) is 12.1 Å². The summed E-state index contributed by atoms with van der Waals surface area (Å²) in [6.45, 7) is 1.96. The molecule has 0 aromatic carbocycles. The fraction of sp³-hybridized carbons (Fsp3) is 0.250. The number of fused-ring (bicyclic) bond motifs is 1. The quantitative estimate of drug-likeness (QED) is 0.556. The van der Waals surface area contributed by atoms with Gasteiger partial charge in [0.1, 0.15) is 11.3 Å². The molecule has 0 saturated carbocycles. The van der Waals surface area contributed by atoms with Crippen LogP contribution in [0, 0.1) is 13.1 Å². The maximum absolute atomic E-state index is 4.29. The summed E-state index contributed by atoms with van der Waals surface area (Å²) in [4.78, 5) is 8.37. The van der Waals surface area contributed by atoms with Crippen LogP contribution in [0.4, 0.5) is 0 Å². The zero-order valence-corrected chi connectivity index (χ0v) is 6.50. The van der Waals surface area contributed by atoms with Crippen molar-refractivity contribution >= 4 is 11.2 Å². The lowest BCUT2D eigenvalue weighted by molar-refractivity contribution is 0.873. The second kappa shape index (κ2) is 2.05. The van der Waals surface area contributed by atoms with E-state index in [4.69, 9.17) is 0 Å². The van der Waals surface area contributed by atoms with Gasteiger partial charge in [-0.15, -0.1) is 0 Å². The van der Waals surface area contributed by atoms with E-state index in [1.54, 1.807) is 6.07 Å². The van der Waals surface area contributed by atoms with E-state index in [2.05, 4.69) is 16.2 Å². The van der Waals surface area contributed by atoms with Crippen molar-refractivity contribution < 1.29 is 0 Å². The molecule has 3 nitrogen and oxygen atoms in total. The molecule has 0 aliphatic heterocycles. The predicted molar refractivity (Wildman–Crippen MR) is 42.1 cm³/mol. The van der Waals surface area contributed by atoms with Crippen LogP contribution >= 0.6 is 0 Å². The van der Waals surface area contributed by atoms with Crippen molar-refractivity contribution in [3.05, 3.63) is 24.2 Å². The van der Waals surface area contributed by atoms with Crippen LogP contribution in [-0.4, -0.2) is 14.5 Å². The maximum atomic E-state index is 4.29. The van der Waals surface area contributed by atoms with Gasteiger partial charge in [-0.2, -0.15) is 0 Å². The Balaban J connectivity index is 2.92. The number of rotatable bonds is 0. The lowest BCUT2D eigenvalue weighted by Crippen LogP contribution is -1.91. The molecule has 1 radical (unpaired) electrons. The molecule has 2 aromatic heterocycles. The van der Waals surface area contributed by atoms with Crippen molar-refractivity contribution in [2.24, 2.45) is 7.05 Å². The standard InChI is InChI=1S/C8H8N3/c1-6-10-7-4-3-5-9-8(7)11(6)2/h3-4H,1-2H3. The number of imidazole rings is 1. The molecule has 2 heterocycles. The highest BCUT2D eigenvalue weighted by atomic mass is 15.1. The first kappa shape index (κ1) is 6.34. The van der Waals surface area contributed by atoms with Crippen LogP contribution in [0.2, 0.25) is 0 Å². The van der Waals surface area contributed by atoms with Crippen molar-refractivity contribution in [3.8, 4) is 0 Å². The third-order valence-electron chi connectivity index (χ3n) is 1.80. The average Bonchev–Trinajstić information content (AvgIpc) is 2.30. The first-order valence-corrected chi connectivity index (χ1v) is 3.45. The predicted octanol–water partition coefficient (Wildman–Crippen LogP) is 1.08. The van der Waals surface area contributed by atoms with Crippen LogP contribution in [-0.2, 0) is 7.05 Å². The van der Waals surface area contributed by atoms with Gasteiger partial charge in [0, 0.05) is 7.05 Å². The zero-order chi connectivity index (χ0) is 7.84. The molecular formula is C8H8N3. The van der Waals surface area contributed by atoms with Gasteiger partial charge >= 0.3 is 0 Å². The van der Waals surface area contributed by atoms with Crippen LogP contribution in [0.25, 0.3) is 11.2 Å². The molecule has 2 aromatic rings. The van der Waals surface area contributed by atoms with Crippen molar-refractivity contribution in [1.82, 2.24) is 14.5 Å². The monoisotopic (exact) mass is 146 g/mol. The molecule has 0 N–H and O–H groups in total. The highest BCUT2D eigenvalue weighted by Gasteiger charge is 2.01. The lowest BCUT2D eigenvalue weighted by atomic mass is 10.4. The van der Waals surface area contributed by atoms with Gasteiger partial charge < -0.3 is 4.57 Å². The first-order chi connectivity index (χ1) is 5.29. The molecule has 3 heteroatoms. The fourth-order valence-corrected chi connectivity index (χ4v) is 1.08. The summed E-state index contributed by atoms with van der Waals surface area (Å²) in [5, 5.41) is 0. The van der Waals surface area contributed by atoms with Gasteiger partial charge in [-0.1, -0.05) is 0 Å². The molecule has 11 heavy (non-hydrogen) atoms. The Morgan fingerprint density at radius 1 is 1.55 bits per heavy atom. The molecule has 0 atom stereocenters. The van der Waals surface area contributed by atoms with Crippen LogP contribution in [0.1, 0.15) is 5.82 Å². The summed E-state index contributed by atoms with van der Waals surface area (Å²) < 4.78 is 1.95. The normalized spacial score (nSPS) is 10.7. The van der Waals surface area contributed by atoms with Crippen molar-refractivity contribution in [1.29, 1.82) is 0 Å². The van der Waals surface area contributed by atoms with Crippen molar-refractivity contribution in [3.63, 3.8) is 0 Å². The third-order valence-corrected chi connectivity index (χ3v) is 1.80. The number of aryl methyl sites for hydroxylation is 2. The van der Waals surface area contributed by atoms with E-state index < -0.39 is 0 Å². The van der Waals surface area contributed by atoms with Gasteiger partial charge in [-0.3, -0.25) is 0 Å². The number of aromatic nitrogens is 3. The van der Waals surface area contributed by atoms with Crippen molar-refractivity contribution in [2.45, 2.75) is 6.92 Å². The van der Waals surface area contributed by atoms with Gasteiger partial charge in [-0.05, 0) is 19.1 Å². The molecule has 55 valence electrons. The number of hydrogen-bond acceptors (Lipinski definition) is 2. The minimum atomic E-state index is 0.894. The SMILES string of the molecule is Cc1nc2cc[c]nc2n1C. The second-order valence-corrected chi connectivity index (χ2v) is 2.50. The lowest BCUT2D eigenvalue weighted by Gasteiger charge is -1.92. The Labute approximate surface area is 64.7 Å². The Hall–Kier alpha value is -1.38. The Morgan fingerprint density at radius 3 is 3.09 bits per heavy atom. The molecule has 0 fully saturated rings. The van der Waals surface area contributed by atoms with Crippen molar-refractivity contribution in [2.75, 3.05) is 0 Å². The summed E-state index contributed by atoms with van der Waals surface area (Å²) in [7, 11) is 1.95. The summed E-state index contributed by atoms with van der Waals surface area (Å²) >= 11 is 0. The van der Waals surface area contributed by atoms with E-state index >= 15 is 0 Å². The number of pyridine rings is 1. The zero-order valence-electron chi connectivity index (χ0n) is 6.50. The Kier molecular flexibility index (Phi) is 1.18. The first-order valence-electron chi connectivity index (χ1n) is 3.45. The van der Waals surface area contributed by atoms with E-state index in [-0.39, 0.29) is 0 Å². The molecule has 0 saturated heterocycles. The van der Waals surface area contributed by atoms with E-state index in [1.165, 1.54) is 0 Å². The van der Waals surface area contributed by atoms with Gasteiger partial charge in [0.05, 0.1) is 6.20 Å². The summed E-state index contributed by atoms with van der Waals surface area (Å²) in [5.74, 6) is 0.979. The smallest absolute Gasteiger partial charge is 0.160 e. The van der Waals surface area contributed by atoms with Gasteiger partial charge in [0.2, 0.25) is 0 Å². The summed E-state index contributed by atoms with van der Waals surface area (Å²) in [6.07, 6.45) is 2.78. The van der Waals surface area contributed by atoms with E-state index in [9.17, 15) is 0 Å². The van der Waals surface area contributed by atoms with Gasteiger partial charge in [0.25, 0.3) is 0 Å². The average molecular weight is 146 g/mol. The minimum Gasteiger partial charge on any atom is -0.316 e. The van der Waals surface area contributed by atoms with Gasteiger partial charge in [-0.25, -0.2) is 9.97 Å². The Bertz CT molecular complexity index is 389. The van der Waals surface area contributed by atoms with E-state index in [0.717, 1.165) is 17.0 Å². The highest BCUT2D eigenvalue weighted by molar-refractivity contribution is 5.70. The second-order valence-electron chi connectivity index (χ2n) is 2.50. The van der Waals surface area contributed by atoms with Crippen LogP contribution < -0.4 is 0 Å². The topological polar surface area (TPSA) is 30.7 Å². The maximum Gasteiger partial charge on any atom is 0.160 e. The molecule has 0 aliphatic rings.